The number of pyridine rings is 1. The minimum absolute atomic E-state index is 0.0286. The SMILES string of the molecule is O=S(=O)(Nc1cccc(C#CCCO)n1)c1cnc[nH]1. The van der Waals surface area contributed by atoms with Crippen LogP contribution >= 0.6 is 0 Å². The standard InChI is InChI=1S/C12H12N4O3S/c17-7-2-1-4-10-5-3-6-11(15-10)16-20(18,19)12-8-13-9-14-12/h3,5-6,8-9,17H,2,7H2,(H,13,14)(H,15,16). The van der Waals surface area contributed by atoms with Crippen molar-refractivity contribution >= 4 is 15.8 Å². The number of aromatic nitrogens is 3. The molecular formula is C12H12N4O3S. The quantitative estimate of drug-likeness (QED) is 0.704. The summed E-state index contributed by atoms with van der Waals surface area (Å²) in [6.07, 6.45) is 2.82. The zero-order valence-electron chi connectivity index (χ0n) is 10.4. The molecule has 7 nitrogen and oxygen atoms in total. The molecule has 2 rings (SSSR count). The van der Waals surface area contributed by atoms with E-state index in [1.54, 1.807) is 12.1 Å². The van der Waals surface area contributed by atoms with Crippen molar-refractivity contribution in [3.63, 3.8) is 0 Å². The van der Waals surface area contributed by atoms with E-state index in [-0.39, 0.29) is 17.5 Å². The summed E-state index contributed by atoms with van der Waals surface area (Å²) in [5.74, 6) is 5.61. The molecule has 0 aliphatic rings. The van der Waals surface area contributed by atoms with E-state index in [2.05, 4.69) is 31.5 Å². The first-order valence-electron chi connectivity index (χ1n) is 5.70. The molecule has 0 amide bonds. The third-order valence-corrected chi connectivity index (χ3v) is 3.48. The number of nitrogens with one attached hydrogen (secondary N) is 2. The summed E-state index contributed by atoms with van der Waals surface area (Å²) in [5.41, 5.74) is 0.420. The number of hydrogen-bond donors (Lipinski definition) is 3. The highest BCUT2D eigenvalue weighted by Gasteiger charge is 2.16. The third-order valence-electron chi connectivity index (χ3n) is 2.20. The Hall–Kier alpha value is -2.37. The van der Waals surface area contributed by atoms with E-state index in [9.17, 15) is 8.42 Å². The van der Waals surface area contributed by atoms with E-state index in [0.717, 1.165) is 0 Å². The van der Waals surface area contributed by atoms with Crippen molar-refractivity contribution < 1.29 is 13.5 Å². The Bertz CT molecular complexity index is 730. The zero-order chi connectivity index (χ0) is 14.4. The number of sulfonamides is 1. The Kier molecular flexibility index (Phi) is 4.34. The van der Waals surface area contributed by atoms with Crippen LogP contribution in [0.15, 0.2) is 35.7 Å². The monoisotopic (exact) mass is 292 g/mol. The molecule has 0 radical (unpaired) electrons. The fraction of sp³-hybridized carbons (Fsp3) is 0.167. The van der Waals surface area contributed by atoms with Crippen molar-refractivity contribution in [3.8, 4) is 11.8 Å². The Morgan fingerprint density at radius 3 is 2.95 bits per heavy atom. The maximum absolute atomic E-state index is 11.9. The molecule has 104 valence electrons. The van der Waals surface area contributed by atoms with Gasteiger partial charge in [-0.2, -0.15) is 8.42 Å². The lowest BCUT2D eigenvalue weighted by Crippen LogP contribution is -2.14. The van der Waals surface area contributed by atoms with Crippen molar-refractivity contribution in [2.45, 2.75) is 11.4 Å². The van der Waals surface area contributed by atoms with E-state index in [4.69, 9.17) is 5.11 Å². The lowest BCUT2D eigenvalue weighted by molar-refractivity contribution is 0.305. The largest absolute Gasteiger partial charge is 0.395 e. The van der Waals surface area contributed by atoms with Gasteiger partial charge in [-0.25, -0.2) is 9.97 Å². The average molecular weight is 292 g/mol. The maximum atomic E-state index is 11.9. The molecule has 0 aromatic carbocycles. The first-order chi connectivity index (χ1) is 9.62. The van der Waals surface area contributed by atoms with Gasteiger partial charge in [-0.15, -0.1) is 0 Å². The first-order valence-corrected chi connectivity index (χ1v) is 7.18. The second kappa shape index (κ2) is 6.18. The summed E-state index contributed by atoms with van der Waals surface area (Å²) in [6, 6.07) is 4.81. The average Bonchev–Trinajstić information content (AvgIpc) is 2.94. The van der Waals surface area contributed by atoms with Gasteiger partial charge in [-0.3, -0.25) is 4.72 Å². The fourth-order valence-corrected chi connectivity index (χ4v) is 2.26. The summed E-state index contributed by atoms with van der Waals surface area (Å²) in [5, 5.41) is 8.59. The third kappa shape index (κ3) is 3.57. The molecule has 0 fully saturated rings. The number of imidazole rings is 1. The molecule has 0 aliphatic carbocycles. The summed E-state index contributed by atoms with van der Waals surface area (Å²) >= 11 is 0. The van der Waals surface area contributed by atoms with Crippen LogP contribution in [0.25, 0.3) is 0 Å². The Labute approximate surface area is 116 Å². The predicted molar refractivity (Wildman–Crippen MR) is 72.2 cm³/mol. The number of nitrogens with zero attached hydrogens (tertiary/aromatic N) is 2. The van der Waals surface area contributed by atoms with Crippen molar-refractivity contribution in [1.82, 2.24) is 15.0 Å². The minimum atomic E-state index is -3.73. The molecular weight excluding hydrogens is 280 g/mol. The Morgan fingerprint density at radius 1 is 1.40 bits per heavy atom. The highest BCUT2D eigenvalue weighted by atomic mass is 32.2. The van der Waals surface area contributed by atoms with Gasteiger partial charge in [0.15, 0.2) is 5.03 Å². The zero-order valence-corrected chi connectivity index (χ0v) is 11.2. The van der Waals surface area contributed by atoms with Crippen molar-refractivity contribution in [3.05, 3.63) is 36.4 Å². The molecule has 0 saturated carbocycles. The van der Waals surface area contributed by atoms with Crippen LogP contribution in [-0.4, -0.2) is 35.1 Å². The molecule has 0 aliphatic heterocycles. The molecule has 3 N–H and O–H groups in total. The summed E-state index contributed by atoms with van der Waals surface area (Å²) in [4.78, 5) is 10.2. The van der Waals surface area contributed by atoms with E-state index in [0.29, 0.717) is 12.1 Å². The Morgan fingerprint density at radius 2 is 2.25 bits per heavy atom. The number of anilines is 1. The number of aliphatic hydroxyl groups is 1. The lowest BCUT2D eigenvalue weighted by atomic mass is 10.3. The number of aliphatic hydroxyl groups excluding tert-OH is 1. The number of rotatable bonds is 4. The Balaban J connectivity index is 2.19. The van der Waals surface area contributed by atoms with Gasteiger partial charge >= 0.3 is 0 Å². The van der Waals surface area contributed by atoms with Crippen LogP contribution in [0.5, 0.6) is 0 Å². The van der Waals surface area contributed by atoms with Gasteiger partial charge in [0.25, 0.3) is 10.0 Å². The molecule has 0 atom stereocenters. The number of aromatic amines is 1. The topological polar surface area (TPSA) is 108 Å². The van der Waals surface area contributed by atoms with Gasteiger partial charge in [0.05, 0.1) is 19.1 Å². The van der Waals surface area contributed by atoms with E-state index in [1.807, 2.05) is 0 Å². The normalized spacial score (nSPS) is 10.7. The lowest BCUT2D eigenvalue weighted by Gasteiger charge is -2.05. The molecule has 20 heavy (non-hydrogen) atoms. The smallest absolute Gasteiger partial charge is 0.280 e. The van der Waals surface area contributed by atoms with Crippen LogP contribution < -0.4 is 4.72 Å². The van der Waals surface area contributed by atoms with E-state index >= 15 is 0 Å². The molecule has 0 bridgehead atoms. The van der Waals surface area contributed by atoms with Crippen LogP contribution in [0.2, 0.25) is 0 Å². The maximum Gasteiger partial charge on any atom is 0.280 e. The van der Waals surface area contributed by atoms with Gasteiger partial charge in [0.2, 0.25) is 0 Å². The molecule has 2 aromatic heterocycles. The molecule has 8 heteroatoms. The van der Waals surface area contributed by atoms with Crippen LogP contribution in [-0.2, 0) is 10.0 Å². The van der Waals surface area contributed by atoms with Gasteiger partial charge in [0, 0.05) is 6.42 Å². The second-order valence-electron chi connectivity index (χ2n) is 3.70. The molecule has 0 saturated heterocycles. The van der Waals surface area contributed by atoms with Gasteiger partial charge < -0.3 is 10.1 Å². The highest BCUT2D eigenvalue weighted by Crippen LogP contribution is 2.11. The van der Waals surface area contributed by atoms with Gasteiger partial charge in [-0.05, 0) is 18.1 Å². The summed E-state index contributed by atoms with van der Waals surface area (Å²) < 4.78 is 26.2. The van der Waals surface area contributed by atoms with Gasteiger partial charge in [-0.1, -0.05) is 12.0 Å². The summed E-state index contributed by atoms with van der Waals surface area (Å²) in [6.45, 7) is -0.0286. The van der Waals surface area contributed by atoms with E-state index < -0.39 is 10.0 Å². The molecule has 2 aromatic rings. The van der Waals surface area contributed by atoms with Gasteiger partial charge in [0.1, 0.15) is 11.5 Å². The number of hydrogen-bond acceptors (Lipinski definition) is 5. The first kappa shape index (κ1) is 14.0. The van der Waals surface area contributed by atoms with E-state index in [1.165, 1.54) is 18.6 Å². The van der Waals surface area contributed by atoms with Crippen molar-refractivity contribution in [2.75, 3.05) is 11.3 Å². The minimum Gasteiger partial charge on any atom is -0.395 e. The molecule has 2 heterocycles. The van der Waals surface area contributed by atoms with Crippen molar-refractivity contribution in [1.29, 1.82) is 0 Å². The van der Waals surface area contributed by atoms with Crippen LogP contribution in [0, 0.1) is 11.8 Å². The fourth-order valence-electron chi connectivity index (χ4n) is 1.35. The molecule has 0 unspecified atom stereocenters. The highest BCUT2D eigenvalue weighted by molar-refractivity contribution is 7.92. The summed E-state index contributed by atoms with van der Waals surface area (Å²) in [7, 11) is -3.73. The van der Waals surface area contributed by atoms with Crippen molar-refractivity contribution in [2.24, 2.45) is 0 Å². The van der Waals surface area contributed by atoms with Crippen LogP contribution in [0.1, 0.15) is 12.1 Å². The van der Waals surface area contributed by atoms with Crippen LogP contribution in [0.3, 0.4) is 0 Å². The number of H-pyrrole nitrogens is 1. The molecule has 0 spiro atoms. The van der Waals surface area contributed by atoms with Crippen LogP contribution in [0.4, 0.5) is 5.82 Å². The second-order valence-corrected chi connectivity index (χ2v) is 5.36. The predicted octanol–water partition coefficient (Wildman–Crippen LogP) is 0.339.